The van der Waals surface area contributed by atoms with E-state index in [9.17, 15) is 0 Å². The van der Waals surface area contributed by atoms with Crippen molar-refractivity contribution in [1.29, 1.82) is 0 Å². The van der Waals surface area contributed by atoms with Crippen LogP contribution in [-0.2, 0) is 0 Å². The lowest BCUT2D eigenvalue weighted by molar-refractivity contribution is 1.11. The van der Waals surface area contributed by atoms with Crippen molar-refractivity contribution in [3.63, 3.8) is 0 Å². The molecule has 0 fully saturated rings. The Bertz CT molecular complexity index is 1070. The fourth-order valence-corrected chi connectivity index (χ4v) is 3.79. The van der Waals surface area contributed by atoms with Crippen LogP contribution in [0.15, 0.2) is 91.0 Å². The number of rotatable bonds is 5. The van der Waals surface area contributed by atoms with Gasteiger partial charge in [-0.05, 0) is 46.8 Å². The Morgan fingerprint density at radius 2 is 1.36 bits per heavy atom. The van der Waals surface area contributed by atoms with E-state index in [0.29, 0.717) is 0 Å². The minimum Gasteiger partial charge on any atom is -0.378 e. The maximum atomic E-state index is 6.92. The summed E-state index contributed by atoms with van der Waals surface area (Å²) in [7, 11) is 4.08. The SMILES string of the molecule is CN(C)c1ccc(C(Cl)c2ccc(Nc3ccccc3)c3ccccc23)cc1. The second-order valence-electron chi connectivity index (χ2n) is 7.09. The van der Waals surface area contributed by atoms with Crippen molar-refractivity contribution in [2.24, 2.45) is 0 Å². The summed E-state index contributed by atoms with van der Waals surface area (Å²) in [6.45, 7) is 0. The van der Waals surface area contributed by atoms with E-state index in [-0.39, 0.29) is 5.38 Å². The summed E-state index contributed by atoms with van der Waals surface area (Å²) >= 11 is 6.92. The van der Waals surface area contributed by atoms with Crippen LogP contribution in [0.25, 0.3) is 10.8 Å². The fourth-order valence-electron chi connectivity index (χ4n) is 3.45. The average molecular weight is 387 g/mol. The zero-order valence-corrected chi connectivity index (χ0v) is 16.8. The predicted molar refractivity (Wildman–Crippen MR) is 122 cm³/mol. The molecule has 0 aliphatic carbocycles. The van der Waals surface area contributed by atoms with Crippen LogP contribution in [0.2, 0.25) is 0 Å². The molecule has 0 radical (unpaired) electrons. The summed E-state index contributed by atoms with van der Waals surface area (Å²) in [5.74, 6) is 0. The molecule has 0 spiro atoms. The fraction of sp³-hybridized carbons (Fsp3) is 0.120. The van der Waals surface area contributed by atoms with Gasteiger partial charge in [-0.15, -0.1) is 11.6 Å². The molecular weight excluding hydrogens is 364 g/mol. The van der Waals surface area contributed by atoms with Crippen molar-refractivity contribution in [2.45, 2.75) is 5.38 Å². The summed E-state index contributed by atoms with van der Waals surface area (Å²) in [6, 6.07) is 31.3. The second kappa shape index (κ2) is 7.95. The molecule has 0 saturated heterocycles. The van der Waals surface area contributed by atoms with Crippen molar-refractivity contribution in [1.82, 2.24) is 0 Å². The molecule has 140 valence electrons. The maximum absolute atomic E-state index is 6.92. The average Bonchev–Trinajstić information content (AvgIpc) is 2.74. The van der Waals surface area contributed by atoms with Crippen molar-refractivity contribution < 1.29 is 0 Å². The van der Waals surface area contributed by atoms with Crippen LogP contribution in [-0.4, -0.2) is 14.1 Å². The van der Waals surface area contributed by atoms with Gasteiger partial charge in [0.2, 0.25) is 0 Å². The first kappa shape index (κ1) is 18.4. The Labute approximate surface area is 171 Å². The smallest absolute Gasteiger partial charge is 0.0841 e. The molecule has 2 nitrogen and oxygen atoms in total. The summed E-state index contributed by atoms with van der Waals surface area (Å²) < 4.78 is 0. The third-order valence-electron chi connectivity index (χ3n) is 4.99. The molecule has 0 aliphatic heterocycles. The van der Waals surface area contributed by atoms with Crippen molar-refractivity contribution >= 4 is 39.4 Å². The van der Waals surface area contributed by atoms with Crippen LogP contribution in [0, 0.1) is 0 Å². The molecule has 1 atom stereocenters. The number of para-hydroxylation sites is 1. The molecule has 0 saturated carbocycles. The van der Waals surface area contributed by atoms with Gasteiger partial charge in [0.1, 0.15) is 0 Å². The Hall–Kier alpha value is -2.97. The number of anilines is 3. The van der Waals surface area contributed by atoms with Crippen molar-refractivity contribution in [3.8, 4) is 0 Å². The lowest BCUT2D eigenvalue weighted by Crippen LogP contribution is -2.08. The Balaban J connectivity index is 1.73. The van der Waals surface area contributed by atoms with Gasteiger partial charge in [-0.1, -0.05) is 60.7 Å². The third-order valence-corrected chi connectivity index (χ3v) is 5.47. The highest BCUT2D eigenvalue weighted by atomic mass is 35.5. The van der Waals surface area contributed by atoms with Crippen molar-refractivity contribution in [2.75, 3.05) is 24.3 Å². The molecule has 4 aromatic carbocycles. The van der Waals surface area contributed by atoms with Crippen LogP contribution in [0.1, 0.15) is 16.5 Å². The van der Waals surface area contributed by atoms with E-state index in [1.54, 1.807) is 0 Å². The number of fused-ring (bicyclic) bond motifs is 1. The molecule has 3 heteroatoms. The zero-order valence-electron chi connectivity index (χ0n) is 16.1. The molecule has 28 heavy (non-hydrogen) atoms. The van der Waals surface area contributed by atoms with Gasteiger partial charge in [-0.2, -0.15) is 0 Å². The molecule has 1 unspecified atom stereocenters. The highest BCUT2D eigenvalue weighted by Crippen LogP contribution is 2.37. The zero-order chi connectivity index (χ0) is 19.5. The number of alkyl halides is 1. The van der Waals surface area contributed by atoms with Gasteiger partial charge in [-0.25, -0.2) is 0 Å². The molecule has 0 aromatic heterocycles. The largest absolute Gasteiger partial charge is 0.378 e. The first-order chi connectivity index (χ1) is 13.6. The van der Waals surface area contributed by atoms with E-state index < -0.39 is 0 Å². The van der Waals surface area contributed by atoms with Crippen LogP contribution in [0.3, 0.4) is 0 Å². The Kier molecular flexibility index (Phi) is 5.23. The summed E-state index contributed by atoms with van der Waals surface area (Å²) in [4.78, 5) is 2.09. The number of nitrogens with zero attached hydrogens (tertiary/aromatic N) is 1. The first-order valence-electron chi connectivity index (χ1n) is 9.38. The van der Waals surface area contributed by atoms with Gasteiger partial charge in [0.25, 0.3) is 0 Å². The molecule has 4 aromatic rings. The molecule has 0 amide bonds. The minimum atomic E-state index is -0.202. The number of benzene rings is 4. The van der Waals surface area contributed by atoms with E-state index in [1.807, 2.05) is 32.3 Å². The molecule has 0 bridgehead atoms. The third kappa shape index (κ3) is 3.69. The molecule has 0 heterocycles. The van der Waals surface area contributed by atoms with Gasteiger partial charge in [0.15, 0.2) is 0 Å². The normalized spacial score (nSPS) is 12.0. The van der Waals surface area contributed by atoms with Crippen LogP contribution in [0.4, 0.5) is 17.1 Å². The summed E-state index contributed by atoms with van der Waals surface area (Å²) in [6.07, 6.45) is 0. The lowest BCUT2D eigenvalue weighted by atomic mass is 9.96. The van der Waals surface area contributed by atoms with Gasteiger partial charge in [0.05, 0.1) is 5.38 Å². The number of hydrogen-bond donors (Lipinski definition) is 1. The second-order valence-corrected chi connectivity index (χ2v) is 7.52. The van der Waals surface area contributed by atoms with Gasteiger partial charge in [0, 0.05) is 36.5 Å². The van der Waals surface area contributed by atoms with Crippen LogP contribution < -0.4 is 10.2 Å². The van der Waals surface area contributed by atoms with Crippen LogP contribution >= 0.6 is 11.6 Å². The van der Waals surface area contributed by atoms with E-state index >= 15 is 0 Å². The summed E-state index contributed by atoms with van der Waals surface area (Å²) in [5.41, 5.74) is 5.54. The maximum Gasteiger partial charge on any atom is 0.0841 e. The standard InChI is InChI=1S/C25H23ClN2/c1-28(2)20-14-12-18(13-15-20)25(26)23-16-17-24(22-11-7-6-10-21(22)23)27-19-8-4-3-5-9-19/h3-17,25,27H,1-2H3. The lowest BCUT2D eigenvalue weighted by Gasteiger charge is -2.18. The van der Waals surface area contributed by atoms with E-state index in [2.05, 4.69) is 83.0 Å². The van der Waals surface area contributed by atoms with E-state index in [0.717, 1.165) is 22.5 Å². The van der Waals surface area contributed by atoms with Gasteiger partial charge in [-0.3, -0.25) is 0 Å². The monoisotopic (exact) mass is 386 g/mol. The van der Waals surface area contributed by atoms with E-state index in [1.165, 1.54) is 16.5 Å². The van der Waals surface area contributed by atoms with E-state index in [4.69, 9.17) is 11.6 Å². The quantitative estimate of drug-likeness (QED) is 0.372. The van der Waals surface area contributed by atoms with Gasteiger partial charge < -0.3 is 10.2 Å². The predicted octanol–water partition coefficient (Wildman–Crippen LogP) is 6.98. The molecule has 0 aliphatic rings. The molecular formula is C25H23ClN2. The first-order valence-corrected chi connectivity index (χ1v) is 9.82. The Morgan fingerprint density at radius 1 is 0.714 bits per heavy atom. The highest BCUT2D eigenvalue weighted by Gasteiger charge is 2.15. The number of hydrogen-bond acceptors (Lipinski definition) is 2. The van der Waals surface area contributed by atoms with Crippen molar-refractivity contribution in [3.05, 3.63) is 102 Å². The minimum absolute atomic E-state index is 0.202. The number of nitrogens with one attached hydrogen (secondary N) is 1. The van der Waals surface area contributed by atoms with Gasteiger partial charge >= 0.3 is 0 Å². The Morgan fingerprint density at radius 3 is 2.04 bits per heavy atom. The highest BCUT2D eigenvalue weighted by molar-refractivity contribution is 6.24. The molecule has 1 N–H and O–H groups in total. The topological polar surface area (TPSA) is 15.3 Å². The molecule has 4 rings (SSSR count). The summed E-state index contributed by atoms with van der Waals surface area (Å²) in [5, 5.41) is 5.66. The number of halogens is 1. The van der Waals surface area contributed by atoms with Crippen LogP contribution in [0.5, 0.6) is 0 Å².